The summed E-state index contributed by atoms with van der Waals surface area (Å²) in [7, 11) is 0. The predicted molar refractivity (Wildman–Crippen MR) is 71.8 cm³/mol. The molecule has 19 heavy (non-hydrogen) atoms. The van der Waals surface area contributed by atoms with Crippen molar-refractivity contribution in [1.82, 2.24) is 9.88 Å². The van der Waals surface area contributed by atoms with Gasteiger partial charge in [-0.2, -0.15) is 0 Å². The molecule has 2 rings (SSSR count). The smallest absolute Gasteiger partial charge is 0.123 e. The molecular formula is C15H17FN2O. The fourth-order valence-electron chi connectivity index (χ4n) is 1.97. The zero-order chi connectivity index (χ0) is 13.5. The summed E-state index contributed by atoms with van der Waals surface area (Å²) in [6.45, 7) is 1.84. The molecule has 0 saturated carbocycles. The van der Waals surface area contributed by atoms with Crippen molar-refractivity contribution in [2.45, 2.75) is 13.1 Å². The zero-order valence-electron chi connectivity index (χ0n) is 10.7. The molecule has 0 atom stereocenters. The number of pyridine rings is 1. The van der Waals surface area contributed by atoms with Crippen LogP contribution in [0.15, 0.2) is 48.7 Å². The fraction of sp³-hybridized carbons (Fsp3) is 0.267. The molecule has 0 aliphatic rings. The van der Waals surface area contributed by atoms with E-state index in [0.29, 0.717) is 19.6 Å². The topological polar surface area (TPSA) is 36.4 Å². The third-order valence-electron chi connectivity index (χ3n) is 2.82. The normalized spacial score (nSPS) is 10.9. The third-order valence-corrected chi connectivity index (χ3v) is 2.82. The predicted octanol–water partition coefficient (Wildman–Crippen LogP) is 2.22. The van der Waals surface area contributed by atoms with Crippen LogP contribution < -0.4 is 0 Å². The summed E-state index contributed by atoms with van der Waals surface area (Å²) in [4.78, 5) is 6.30. The molecule has 0 amide bonds. The minimum atomic E-state index is -0.237. The lowest BCUT2D eigenvalue weighted by Gasteiger charge is -2.21. The highest BCUT2D eigenvalue weighted by Crippen LogP contribution is 2.09. The van der Waals surface area contributed by atoms with Crippen molar-refractivity contribution in [2.75, 3.05) is 13.2 Å². The van der Waals surface area contributed by atoms with E-state index in [-0.39, 0.29) is 12.4 Å². The molecule has 0 radical (unpaired) electrons. The number of aliphatic hydroxyl groups is 1. The van der Waals surface area contributed by atoms with Crippen molar-refractivity contribution in [1.29, 1.82) is 0 Å². The lowest BCUT2D eigenvalue weighted by molar-refractivity contribution is 0.183. The van der Waals surface area contributed by atoms with Gasteiger partial charge in [0.15, 0.2) is 0 Å². The quantitative estimate of drug-likeness (QED) is 0.865. The molecule has 1 aromatic heterocycles. The number of hydrogen-bond acceptors (Lipinski definition) is 3. The Morgan fingerprint density at radius 3 is 2.68 bits per heavy atom. The first-order chi connectivity index (χ1) is 9.28. The van der Waals surface area contributed by atoms with Crippen LogP contribution in [0, 0.1) is 5.82 Å². The molecule has 0 fully saturated rings. The molecule has 100 valence electrons. The number of benzene rings is 1. The van der Waals surface area contributed by atoms with Gasteiger partial charge in [-0.25, -0.2) is 4.39 Å². The van der Waals surface area contributed by atoms with Crippen LogP contribution in [0.1, 0.15) is 11.3 Å². The van der Waals surface area contributed by atoms with Crippen molar-refractivity contribution in [3.8, 4) is 0 Å². The molecule has 1 aromatic carbocycles. The van der Waals surface area contributed by atoms with E-state index in [1.165, 1.54) is 12.1 Å². The first kappa shape index (κ1) is 13.6. The SMILES string of the molecule is OCCN(Cc1cccc(F)c1)Cc1ccccn1. The molecule has 3 nitrogen and oxygen atoms in total. The van der Waals surface area contributed by atoms with Crippen molar-refractivity contribution < 1.29 is 9.50 Å². The monoisotopic (exact) mass is 260 g/mol. The summed E-state index contributed by atoms with van der Waals surface area (Å²) in [6.07, 6.45) is 1.74. The Bertz CT molecular complexity index is 505. The zero-order valence-corrected chi connectivity index (χ0v) is 10.7. The standard InChI is InChI=1S/C15H17FN2O/c16-14-5-3-4-13(10-14)11-18(8-9-19)12-15-6-1-2-7-17-15/h1-7,10,19H,8-9,11-12H2. The molecule has 0 bridgehead atoms. The Morgan fingerprint density at radius 1 is 1.11 bits per heavy atom. The molecule has 0 unspecified atom stereocenters. The Morgan fingerprint density at radius 2 is 2.00 bits per heavy atom. The fourth-order valence-corrected chi connectivity index (χ4v) is 1.97. The minimum Gasteiger partial charge on any atom is -0.395 e. The van der Waals surface area contributed by atoms with E-state index >= 15 is 0 Å². The minimum absolute atomic E-state index is 0.0716. The van der Waals surface area contributed by atoms with Crippen LogP contribution in [0.4, 0.5) is 4.39 Å². The van der Waals surface area contributed by atoms with Gasteiger partial charge in [0, 0.05) is 25.8 Å². The van der Waals surface area contributed by atoms with E-state index in [2.05, 4.69) is 4.98 Å². The van der Waals surface area contributed by atoms with E-state index in [4.69, 9.17) is 5.11 Å². The van der Waals surface area contributed by atoms with Gasteiger partial charge in [0.05, 0.1) is 12.3 Å². The molecule has 0 aliphatic heterocycles. The van der Waals surface area contributed by atoms with Crippen molar-refractivity contribution in [3.63, 3.8) is 0 Å². The van der Waals surface area contributed by atoms with Crippen molar-refractivity contribution in [3.05, 3.63) is 65.7 Å². The first-order valence-corrected chi connectivity index (χ1v) is 6.25. The summed E-state index contributed by atoms with van der Waals surface area (Å²) >= 11 is 0. The Balaban J connectivity index is 2.04. The molecule has 4 heteroatoms. The van der Waals surface area contributed by atoms with Crippen LogP contribution in [0.25, 0.3) is 0 Å². The number of halogens is 1. The summed E-state index contributed by atoms with van der Waals surface area (Å²) in [6, 6.07) is 12.3. The average Bonchev–Trinajstić information content (AvgIpc) is 2.40. The highest BCUT2D eigenvalue weighted by Gasteiger charge is 2.07. The highest BCUT2D eigenvalue weighted by atomic mass is 19.1. The molecule has 0 saturated heterocycles. The maximum absolute atomic E-state index is 13.2. The first-order valence-electron chi connectivity index (χ1n) is 6.25. The lowest BCUT2D eigenvalue weighted by Crippen LogP contribution is -2.26. The average molecular weight is 260 g/mol. The Kier molecular flexibility index (Phi) is 5.01. The van der Waals surface area contributed by atoms with E-state index in [9.17, 15) is 4.39 Å². The van der Waals surface area contributed by atoms with Crippen LogP contribution in [0.3, 0.4) is 0 Å². The van der Waals surface area contributed by atoms with Gasteiger partial charge < -0.3 is 5.11 Å². The molecular weight excluding hydrogens is 243 g/mol. The van der Waals surface area contributed by atoms with Gasteiger partial charge in [-0.1, -0.05) is 18.2 Å². The van der Waals surface area contributed by atoms with Crippen molar-refractivity contribution >= 4 is 0 Å². The van der Waals surface area contributed by atoms with Crippen LogP contribution in [-0.2, 0) is 13.1 Å². The van der Waals surface area contributed by atoms with Crippen LogP contribution in [-0.4, -0.2) is 28.1 Å². The highest BCUT2D eigenvalue weighted by molar-refractivity contribution is 5.16. The van der Waals surface area contributed by atoms with Gasteiger partial charge in [-0.3, -0.25) is 9.88 Å². The molecule has 0 spiro atoms. The van der Waals surface area contributed by atoms with E-state index in [1.807, 2.05) is 29.2 Å². The maximum atomic E-state index is 13.2. The largest absolute Gasteiger partial charge is 0.395 e. The number of nitrogens with zero attached hydrogens (tertiary/aromatic N) is 2. The van der Waals surface area contributed by atoms with E-state index < -0.39 is 0 Å². The second-order valence-corrected chi connectivity index (χ2v) is 4.39. The summed E-state index contributed by atoms with van der Waals surface area (Å²) in [5, 5.41) is 9.11. The molecule has 2 aromatic rings. The lowest BCUT2D eigenvalue weighted by atomic mass is 10.2. The second-order valence-electron chi connectivity index (χ2n) is 4.39. The van der Waals surface area contributed by atoms with E-state index in [0.717, 1.165) is 11.3 Å². The number of aromatic nitrogens is 1. The molecule has 0 aliphatic carbocycles. The van der Waals surface area contributed by atoms with Gasteiger partial charge in [0.2, 0.25) is 0 Å². The van der Waals surface area contributed by atoms with Crippen LogP contribution in [0.5, 0.6) is 0 Å². The number of aliphatic hydroxyl groups excluding tert-OH is 1. The maximum Gasteiger partial charge on any atom is 0.123 e. The van der Waals surface area contributed by atoms with Crippen LogP contribution >= 0.6 is 0 Å². The molecule has 1 heterocycles. The van der Waals surface area contributed by atoms with Gasteiger partial charge >= 0.3 is 0 Å². The van der Waals surface area contributed by atoms with Crippen LogP contribution in [0.2, 0.25) is 0 Å². The third kappa shape index (κ3) is 4.43. The van der Waals surface area contributed by atoms with Gasteiger partial charge in [0.25, 0.3) is 0 Å². The summed E-state index contributed by atoms with van der Waals surface area (Å²) in [5.74, 6) is -0.237. The van der Waals surface area contributed by atoms with Gasteiger partial charge in [0.1, 0.15) is 5.82 Å². The Hall–Kier alpha value is -1.78. The van der Waals surface area contributed by atoms with Gasteiger partial charge in [-0.15, -0.1) is 0 Å². The number of rotatable bonds is 6. The Labute approximate surface area is 112 Å². The van der Waals surface area contributed by atoms with E-state index in [1.54, 1.807) is 12.3 Å². The second kappa shape index (κ2) is 6.97. The summed E-state index contributed by atoms with van der Waals surface area (Å²) < 4.78 is 13.2. The summed E-state index contributed by atoms with van der Waals surface area (Å²) in [5.41, 5.74) is 1.83. The van der Waals surface area contributed by atoms with Gasteiger partial charge in [-0.05, 0) is 29.8 Å². The van der Waals surface area contributed by atoms with Crippen molar-refractivity contribution in [2.24, 2.45) is 0 Å². The molecule has 1 N–H and O–H groups in total. The number of hydrogen-bond donors (Lipinski definition) is 1.